The molecule has 1 aromatic rings. The first-order valence-electron chi connectivity index (χ1n) is 7.44. The number of rotatable bonds is 5. The minimum atomic E-state index is -0.124. The van der Waals surface area contributed by atoms with Crippen molar-refractivity contribution in [3.8, 4) is 0 Å². The summed E-state index contributed by atoms with van der Waals surface area (Å²) in [6.07, 6.45) is 2.32. The molecule has 20 heavy (non-hydrogen) atoms. The van der Waals surface area contributed by atoms with E-state index in [2.05, 4.69) is 39.5 Å². The van der Waals surface area contributed by atoms with Crippen LogP contribution in [0.2, 0.25) is 0 Å². The minimum Gasteiger partial charge on any atom is -0.350 e. The Bertz CT molecular complexity index is 435. The molecule has 1 amide bonds. The normalized spacial score (nSPS) is 17.6. The largest absolute Gasteiger partial charge is 0.350 e. The Morgan fingerprint density at radius 1 is 1.40 bits per heavy atom. The Morgan fingerprint density at radius 3 is 2.65 bits per heavy atom. The van der Waals surface area contributed by atoms with Crippen molar-refractivity contribution in [2.45, 2.75) is 33.6 Å². The van der Waals surface area contributed by atoms with E-state index in [9.17, 15) is 4.79 Å². The molecule has 0 aliphatic carbocycles. The maximum absolute atomic E-state index is 11.9. The molecule has 0 atom stereocenters. The third kappa shape index (κ3) is 4.03. The molecule has 0 radical (unpaired) electrons. The maximum Gasteiger partial charge on any atom is 0.273 e. The van der Waals surface area contributed by atoms with Crippen molar-refractivity contribution < 1.29 is 4.79 Å². The van der Waals surface area contributed by atoms with E-state index in [4.69, 9.17) is 0 Å². The molecule has 2 rings (SSSR count). The summed E-state index contributed by atoms with van der Waals surface area (Å²) in [4.78, 5) is 14.5. The molecule has 0 unspecified atom stereocenters. The van der Waals surface area contributed by atoms with Crippen LogP contribution >= 0.6 is 0 Å². The first kappa shape index (κ1) is 15.0. The van der Waals surface area contributed by atoms with Crippen LogP contribution in [0.3, 0.4) is 0 Å². The van der Waals surface area contributed by atoms with E-state index in [1.165, 1.54) is 6.54 Å². The van der Waals surface area contributed by atoms with Crippen molar-refractivity contribution in [1.29, 1.82) is 0 Å². The summed E-state index contributed by atoms with van der Waals surface area (Å²) in [5, 5.41) is 13.2. The van der Waals surface area contributed by atoms with Crippen molar-refractivity contribution in [3.05, 3.63) is 11.4 Å². The SMILES string of the molecule is Cc1n[nH]nc1C(=O)NCC1CCN(CC(C)C)CC1. The number of aromatic nitrogens is 3. The number of hydrogen-bond acceptors (Lipinski definition) is 4. The molecule has 0 spiro atoms. The van der Waals surface area contributed by atoms with Gasteiger partial charge in [-0.2, -0.15) is 15.4 Å². The smallest absolute Gasteiger partial charge is 0.273 e. The van der Waals surface area contributed by atoms with E-state index in [-0.39, 0.29) is 5.91 Å². The monoisotopic (exact) mass is 279 g/mol. The van der Waals surface area contributed by atoms with E-state index in [0.717, 1.165) is 38.4 Å². The molecule has 1 aliphatic rings. The fourth-order valence-corrected chi connectivity index (χ4v) is 2.71. The number of piperidine rings is 1. The Kier molecular flexibility index (Phi) is 5.11. The molecule has 2 heterocycles. The van der Waals surface area contributed by atoms with Gasteiger partial charge in [-0.25, -0.2) is 0 Å². The fraction of sp³-hybridized carbons (Fsp3) is 0.786. The van der Waals surface area contributed by atoms with Gasteiger partial charge in [-0.15, -0.1) is 0 Å². The highest BCUT2D eigenvalue weighted by molar-refractivity contribution is 5.93. The lowest BCUT2D eigenvalue weighted by Crippen LogP contribution is -2.40. The van der Waals surface area contributed by atoms with Gasteiger partial charge in [0.1, 0.15) is 0 Å². The van der Waals surface area contributed by atoms with Gasteiger partial charge in [0.05, 0.1) is 5.69 Å². The number of nitrogens with zero attached hydrogens (tertiary/aromatic N) is 3. The fourth-order valence-electron chi connectivity index (χ4n) is 2.71. The lowest BCUT2D eigenvalue weighted by Gasteiger charge is -2.32. The van der Waals surface area contributed by atoms with E-state index >= 15 is 0 Å². The lowest BCUT2D eigenvalue weighted by molar-refractivity contribution is 0.0929. The lowest BCUT2D eigenvalue weighted by atomic mass is 9.96. The number of carbonyl (C=O) groups excluding carboxylic acids is 1. The molecule has 1 saturated heterocycles. The standard InChI is InChI=1S/C14H25N5O/c1-10(2)9-19-6-4-12(5-7-19)8-15-14(20)13-11(3)16-18-17-13/h10,12H,4-9H2,1-3H3,(H,15,20)(H,16,17,18). The van der Waals surface area contributed by atoms with Gasteiger partial charge in [-0.05, 0) is 44.7 Å². The van der Waals surface area contributed by atoms with Gasteiger partial charge in [0, 0.05) is 13.1 Å². The summed E-state index contributed by atoms with van der Waals surface area (Å²) < 4.78 is 0. The van der Waals surface area contributed by atoms with Gasteiger partial charge in [-0.3, -0.25) is 4.79 Å². The quantitative estimate of drug-likeness (QED) is 0.849. The molecule has 6 nitrogen and oxygen atoms in total. The Hall–Kier alpha value is -1.43. The van der Waals surface area contributed by atoms with E-state index in [0.29, 0.717) is 17.3 Å². The van der Waals surface area contributed by atoms with Gasteiger partial charge in [0.15, 0.2) is 5.69 Å². The molecular weight excluding hydrogens is 254 g/mol. The van der Waals surface area contributed by atoms with Crippen LogP contribution in [0.5, 0.6) is 0 Å². The highest BCUT2D eigenvalue weighted by atomic mass is 16.2. The highest BCUT2D eigenvalue weighted by Crippen LogP contribution is 2.17. The summed E-state index contributed by atoms with van der Waals surface area (Å²) in [6, 6.07) is 0. The second kappa shape index (κ2) is 6.83. The molecule has 112 valence electrons. The average Bonchev–Trinajstić information content (AvgIpc) is 2.83. The van der Waals surface area contributed by atoms with Crippen molar-refractivity contribution >= 4 is 5.91 Å². The van der Waals surface area contributed by atoms with Crippen LogP contribution in [-0.2, 0) is 0 Å². The number of amides is 1. The Morgan fingerprint density at radius 2 is 2.10 bits per heavy atom. The van der Waals surface area contributed by atoms with Crippen LogP contribution < -0.4 is 5.32 Å². The number of nitrogens with one attached hydrogen (secondary N) is 2. The second-order valence-electron chi connectivity index (χ2n) is 6.11. The molecule has 1 fully saturated rings. The Labute approximate surface area is 120 Å². The van der Waals surface area contributed by atoms with Crippen LogP contribution in [0.25, 0.3) is 0 Å². The van der Waals surface area contributed by atoms with Crippen molar-refractivity contribution in [3.63, 3.8) is 0 Å². The first-order valence-corrected chi connectivity index (χ1v) is 7.44. The highest BCUT2D eigenvalue weighted by Gasteiger charge is 2.21. The van der Waals surface area contributed by atoms with Gasteiger partial charge in [-0.1, -0.05) is 13.8 Å². The molecule has 1 aromatic heterocycles. The number of H-pyrrole nitrogens is 1. The zero-order valence-electron chi connectivity index (χ0n) is 12.6. The zero-order chi connectivity index (χ0) is 14.5. The molecule has 0 saturated carbocycles. The van der Waals surface area contributed by atoms with Crippen LogP contribution in [0.4, 0.5) is 0 Å². The van der Waals surface area contributed by atoms with Crippen LogP contribution in [0, 0.1) is 18.8 Å². The Balaban J connectivity index is 1.71. The maximum atomic E-state index is 11.9. The van der Waals surface area contributed by atoms with Crippen LogP contribution in [-0.4, -0.2) is 52.4 Å². The topological polar surface area (TPSA) is 73.9 Å². The number of aromatic amines is 1. The minimum absolute atomic E-state index is 0.124. The molecule has 2 N–H and O–H groups in total. The molecule has 0 bridgehead atoms. The van der Waals surface area contributed by atoms with Crippen molar-refractivity contribution in [2.24, 2.45) is 11.8 Å². The predicted octanol–water partition coefficient (Wildman–Crippen LogP) is 1.21. The third-order valence-corrected chi connectivity index (χ3v) is 3.82. The summed E-state index contributed by atoms with van der Waals surface area (Å²) in [5.74, 6) is 1.18. The number of aryl methyl sites for hydroxylation is 1. The number of likely N-dealkylation sites (tertiary alicyclic amines) is 1. The summed E-state index contributed by atoms with van der Waals surface area (Å²) in [7, 11) is 0. The van der Waals surface area contributed by atoms with Gasteiger partial charge >= 0.3 is 0 Å². The van der Waals surface area contributed by atoms with Crippen LogP contribution in [0.15, 0.2) is 0 Å². The third-order valence-electron chi connectivity index (χ3n) is 3.82. The molecular formula is C14H25N5O. The van der Waals surface area contributed by atoms with Crippen molar-refractivity contribution in [2.75, 3.05) is 26.2 Å². The predicted molar refractivity (Wildman–Crippen MR) is 77.5 cm³/mol. The van der Waals surface area contributed by atoms with Crippen molar-refractivity contribution in [1.82, 2.24) is 25.6 Å². The zero-order valence-corrected chi connectivity index (χ0v) is 12.6. The molecule has 1 aliphatic heterocycles. The molecule has 6 heteroatoms. The summed E-state index contributed by atoms with van der Waals surface area (Å²) in [5.41, 5.74) is 1.05. The van der Waals surface area contributed by atoms with Crippen LogP contribution in [0.1, 0.15) is 42.9 Å². The van der Waals surface area contributed by atoms with Gasteiger partial charge < -0.3 is 10.2 Å². The van der Waals surface area contributed by atoms with E-state index in [1.54, 1.807) is 6.92 Å². The summed E-state index contributed by atoms with van der Waals surface area (Å²) >= 11 is 0. The van der Waals surface area contributed by atoms with E-state index in [1.807, 2.05) is 0 Å². The number of carbonyl (C=O) groups is 1. The van der Waals surface area contributed by atoms with E-state index < -0.39 is 0 Å². The summed E-state index contributed by atoms with van der Waals surface area (Å²) in [6.45, 7) is 10.5. The second-order valence-corrected chi connectivity index (χ2v) is 6.11. The average molecular weight is 279 g/mol. The molecule has 0 aromatic carbocycles. The van der Waals surface area contributed by atoms with Gasteiger partial charge in [0.2, 0.25) is 0 Å². The number of hydrogen-bond donors (Lipinski definition) is 2. The first-order chi connectivity index (χ1) is 9.56. The van der Waals surface area contributed by atoms with Gasteiger partial charge in [0.25, 0.3) is 5.91 Å².